The van der Waals surface area contributed by atoms with Crippen LogP contribution in [0.25, 0.3) is 11.0 Å². The normalized spacial score (nSPS) is 12.9. The van der Waals surface area contributed by atoms with Crippen LogP contribution in [0.15, 0.2) is 17.1 Å². The van der Waals surface area contributed by atoms with Gasteiger partial charge >= 0.3 is 5.97 Å². The van der Waals surface area contributed by atoms with E-state index in [9.17, 15) is 4.79 Å². The molecule has 1 N–H and O–H groups in total. The molecule has 7 heteroatoms. The van der Waals surface area contributed by atoms with Gasteiger partial charge in [-0.3, -0.25) is 0 Å². The van der Waals surface area contributed by atoms with Gasteiger partial charge in [0.05, 0.1) is 5.39 Å². The van der Waals surface area contributed by atoms with Gasteiger partial charge in [-0.25, -0.2) is 19.4 Å². The number of nitrogens with zero attached hydrogens (tertiary/aromatic N) is 4. The molecular weight excluding hydrogens is 264 g/mol. The monoisotopic (exact) mass is 270 g/mol. The fourth-order valence-electron chi connectivity index (χ4n) is 1.22. The molecule has 2 aromatic heterocycles. The number of rotatable bonds is 2. The van der Waals surface area contributed by atoms with Gasteiger partial charge in [0.1, 0.15) is 17.0 Å². The molecule has 0 amide bonds. The lowest BCUT2D eigenvalue weighted by atomic mass is 10.3. The van der Waals surface area contributed by atoms with Crippen molar-refractivity contribution in [1.82, 2.24) is 19.7 Å². The number of halogens is 1. The summed E-state index contributed by atoms with van der Waals surface area (Å²) >= 11 is 3.23. The zero-order chi connectivity index (χ0) is 11.0. The van der Waals surface area contributed by atoms with Crippen LogP contribution in [-0.2, 0) is 4.79 Å². The number of carbonyl (C=O) groups is 1. The minimum Gasteiger partial charge on any atom is -0.480 e. The van der Waals surface area contributed by atoms with Crippen molar-refractivity contribution < 1.29 is 9.90 Å². The average molecular weight is 271 g/mol. The Morgan fingerprint density at radius 2 is 2.40 bits per heavy atom. The maximum atomic E-state index is 10.8. The van der Waals surface area contributed by atoms with E-state index in [1.165, 1.54) is 11.0 Å². The summed E-state index contributed by atoms with van der Waals surface area (Å²) in [7, 11) is 0. The molecule has 0 saturated heterocycles. The van der Waals surface area contributed by atoms with E-state index in [2.05, 4.69) is 31.0 Å². The lowest BCUT2D eigenvalue weighted by Crippen LogP contribution is -2.17. The molecule has 1 atom stereocenters. The van der Waals surface area contributed by atoms with Crippen LogP contribution in [0.4, 0.5) is 0 Å². The summed E-state index contributed by atoms with van der Waals surface area (Å²) in [6.07, 6.45) is 2.95. The number of fused-ring (bicyclic) bond motifs is 1. The van der Waals surface area contributed by atoms with Crippen molar-refractivity contribution in [3.05, 3.63) is 17.1 Å². The number of hydrogen-bond acceptors (Lipinski definition) is 4. The second kappa shape index (κ2) is 3.58. The highest BCUT2D eigenvalue weighted by Gasteiger charge is 2.19. The molecule has 0 aliphatic rings. The second-order valence-corrected chi connectivity index (χ2v) is 3.76. The Kier molecular flexibility index (Phi) is 2.39. The van der Waals surface area contributed by atoms with Gasteiger partial charge in [0, 0.05) is 6.20 Å². The maximum Gasteiger partial charge on any atom is 0.328 e. The molecule has 0 fully saturated rings. The van der Waals surface area contributed by atoms with Crippen molar-refractivity contribution in [1.29, 1.82) is 0 Å². The van der Waals surface area contributed by atoms with Gasteiger partial charge < -0.3 is 5.11 Å². The van der Waals surface area contributed by atoms with E-state index in [0.29, 0.717) is 15.6 Å². The lowest BCUT2D eigenvalue weighted by Gasteiger charge is -2.06. The van der Waals surface area contributed by atoms with E-state index in [1.807, 2.05) is 0 Å². The largest absolute Gasteiger partial charge is 0.480 e. The van der Waals surface area contributed by atoms with Crippen molar-refractivity contribution in [3.8, 4) is 0 Å². The van der Waals surface area contributed by atoms with Crippen molar-refractivity contribution in [2.24, 2.45) is 0 Å². The third-order valence-electron chi connectivity index (χ3n) is 2.05. The highest BCUT2D eigenvalue weighted by atomic mass is 79.9. The smallest absolute Gasteiger partial charge is 0.328 e. The molecular formula is C8H7BrN4O2. The molecule has 1 unspecified atom stereocenters. The van der Waals surface area contributed by atoms with Gasteiger partial charge in [-0.1, -0.05) is 0 Å². The molecule has 0 bridgehead atoms. The lowest BCUT2D eigenvalue weighted by molar-refractivity contribution is -0.140. The van der Waals surface area contributed by atoms with E-state index >= 15 is 0 Å². The number of carboxylic acid groups (broad SMARTS) is 1. The molecule has 0 saturated carbocycles. The van der Waals surface area contributed by atoms with Gasteiger partial charge in [0.25, 0.3) is 0 Å². The average Bonchev–Trinajstić information content (AvgIpc) is 2.56. The molecule has 78 valence electrons. The highest BCUT2D eigenvalue weighted by Crippen LogP contribution is 2.22. The van der Waals surface area contributed by atoms with Crippen molar-refractivity contribution in [2.45, 2.75) is 13.0 Å². The quantitative estimate of drug-likeness (QED) is 0.888. The van der Waals surface area contributed by atoms with E-state index in [-0.39, 0.29) is 0 Å². The topological polar surface area (TPSA) is 80.9 Å². The van der Waals surface area contributed by atoms with E-state index < -0.39 is 12.0 Å². The Bertz CT molecular complexity index is 524. The molecule has 0 radical (unpaired) electrons. The van der Waals surface area contributed by atoms with Crippen LogP contribution in [0.2, 0.25) is 0 Å². The van der Waals surface area contributed by atoms with Crippen LogP contribution < -0.4 is 0 Å². The predicted molar refractivity (Wildman–Crippen MR) is 55.4 cm³/mol. The summed E-state index contributed by atoms with van der Waals surface area (Å²) in [5.41, 5.74) is 0.506. The van der Waals surface area contributed by atoms with Crippen LogP contribution in [-0.4, -0.2) is 30.8 Å². The Morgan fingerprint density at radius 3 is 3.07 bits per heavy atom. The minimum absolute atomic E-state index is 0.506. The van der Waals surface area contributed by atoms with Crippen LogP contribution in [0, 0.1) is 0 Å². The first kappa shape index (κ1) is 10.0. The minimum atomic E-state index is -0.953. The van der Waals surface area contributed by atoms with Crippen LogP contribution in [0.3, 0.4) is 0 Å². The Morgan fingerprint density at radius 1 is 1.67 bits per heavy atom. The predicted octanol–water partition coefficient (Wildman–Crippen LogP) is 1.23. The summed E-state index contributed by atoms with van der Waals surface area (Å²) in [6, 6.07) is -0.756. The molecule has 2 heterocycles. The van der Waals surface area contributed by atoms with Gasteiger partial charge in [0.15, 0.2) is 5.65 Å². The van der Waals surface area contributed by atoms with Gasteiger partial charge in [-0.15, -0.1) is 0 Å². The summed E-state index contributed by atoms with van der Waals surface area (Å²) < 4.78 is 1.90. The van der Waals surface area contributed by atoms with E-state index in [0.717, 1.165) is 0 Å². The Balaban J connectivity index is 2.67. The third kappa shape index (κ3) is 1.58. The molecule has 15 heavy (non-hydrogen) atoms. The molecule has 0 spiro atoms. The first-order valence-corrected chi connectivity index (χ1v) is 4.97. The maximum absolute atomic E-state index is 10.8. The molecule has 6 nitrogen and oxygen atoms in total. The standard InChI is InChI=1S/C8H7BrN4O2/c1-4(8(14)15)13-7-5(6(9)12-13)2-10-3-11-7/h2-4H,1H3,(H,14,15). The first-order chi connectivity index (χ1) is 7.11. The molecule has 0 aromatic carbocycles. The number of carboxylic acids is 1. The fourth-order valence-corrected chi connectivity index (χ4v) is 1.67. The molecule has 2 rings (SSSR count). The van der Waals surface area contributed by atoms with Crippen LogP contribution in [0.5, 0.6) is 0 Å². The summed E-state index contributed by atoms with van der Waals surface area (Å²) in [4.78, 5) is 18.7. The summed E-state index contributed by atoms with van der Waals surface area (Å²) in [6.45, 7) is 1.54. The third-order valence-corrected chi connectivity index (χ3v) is 2.64. The molecule has 0 aliphatic heterocycles. The molecule has 0 aliphatic carbocycles. The second-order valence-electron chi connectivity index (χ2n) is 3.01. The van der Waals surface area contributed by atoms with E-state index in [4.69, 9.17) is 5.11 Å². The molecule has 2 aromatic rings. The summed E-state index contributed by atoms with van der Waals surface area (Å²) in [5.74, 6) is -0.953. The van der Waals surface area contributed by atoms with Gasteiger partial charge in [-0.05, 0) is 22.9 Å². The Labute approximate surface area is 93.1 Å². The highest BCUT2D eigenvalue weighted by molar-refractivity contribution is 9.10. The fraction of sp³-hybridized carbons (Fsp3) is 0.250. The van der Waals surface area contributed by atoms with E-state index in [1.54, 1.807) is 13.1 Å². The van der Waals surface area contributed by atoms with Gasteiger partial charge in [0.2, 0.25) is 0 Å². The van der Waals surface area contributed by atoms with Crippen LogP contribution >= 0.6 is 15.9 Å². The number of aromatic nitrogens is 4. The first-order valence-electron chi connectivity index (χ1n) is 4.18. The van der Waals surface area contributed by atoms with Crippen LogP contribution in [0.1, 0.15) is 13.0 Å². The number of hydrogen-bond donors (Lipinski definition) is 1. The zero-order valence-electron chi connectivity index (χ0n) is 7.75. The van der Waals surface area contributed by atoms with Crippen molar-refractivity contribution in [2.75, 3.05) is 0 Å². The SMILES string of the molecule is CC(C(=O)O)n1nc(Br)c2cncnc21. The summed E-state index contributed by atoms with van der Waals surface area (Å²) in [5, 5.41) is 13.6. The zero-order valence-corrected chi connectivity index (χ0v) is 9.34. The van der Waals surface area contributed by atoms with Crippen molar-refractivity contribution >= 4 is 32.9 Å². The van der Waals surface area contributed by atoms with Crippen molar-refractivity contribution in [3.63, 3.8) is 0 Å². The van der Waals surface area contributed by atoms with Gasteiger partial charge in [-0.2, -0.15) is 5.10 Å². The Hall–Kier alpha value is -1.50. The number of aliphatic carboxylic acids is 1.